The lowest BCUT2D eigenvalue weighted by atomic mass is 10.1. The molecule has 0 unspecified atom stereocenters. The predicted molar refractivity (Wildman–Crippen MR) is 152 cm³/mol. The van der Waals surface area contributed by atoms with Gasteiger partial charge in [0.15, 0.2) is 18.1 Å². The van der Waals surface area contributed by atoms with Gasteiger partial charge in [-0.2, -0.15) is 0 Å². The Hall–Kier alpha value is -3.57. The normalized spacial score (nSPS) is 14.3. The summed E-state index contributed by atoms with van der Waals surface area (Å²) in [4.78, 5) is 51.3. The molecule has 0 bridgehead atoms. The van der Waals surface area contributed by atoms with Gasteiger partial charge in [0.1, 0.15) is 5.57 Å². The highest BCUT2D eigenvalue weighted by atomic mass is 79.9. The van der Waals surface area contributed by atoms with Crippen LogP contribution in [0.2, 0.25) is 15.1 Å². The Labute approximate surface area is 245 Å². The van der Waals surface area contributed by atoms with Crippen molar-refractivity contribution in [3.63, 3.8) is 0 Å². The van der Waals surface area contributed by atoms with Crippen LogP contribution in [0.5, 0.6) is 11.5 Å². The van der Waals surface area contributed by atoms with E-state index in [1.54, 1.807) is 30.3 Å². The molecule has 5 amide bonds. The van der Waals surface area contributed by atoms with Crippen LogP contribution in [0.4, 0.5) is 16.2 Å². The zero-order valence-electron chi connectivity index (χ0n) is 19.9. The Bertz CT molecular complexity index is 1550. The molecule has 0 aliphatic carbocycles. The molecule has 3 aromatic rings. The molecule has 13 heteroatoms. The van der Waals surface area contributed by atoms with Gasteiger partial charge in [-0.05, 0) is 70.0 Å². The Morgan fingerprint density at radius 2 is 1.77 bits per heavy atom. The van der Waals surface area contributed by atoms with Gasteiger partial charge < -0.3 is 14.8 Å². The van der Waals surface area contributed by atoms with Crippen LogP contribution in [-0.2, 0) is 14.4 Å². The average Bonchev–Trinajstić information content (AvgIpc) is 2.89. The van der Waals surface area contributed by atoms with Crippen LogP contribution in [-0.4, -0.2) is 37.5 Å². The van der Waals surface area contributed by atoms with Crippen molar-refractivity contribution in [3.05, 3.63) is 85.3 Å². The summed E-state index contributed by atoms with van der Waals surface area (Å²) in [5.74, 6) is -1.79. The number of carbonyl (C=O) groups excluding carboxylic acids is 4. The Morgan fingerprint density at radius 1 is 1.03 bits per heavy atom. The maximum Gasteiger partial charge on any atom is 0.335 e. The summed E-state index contributed by atoms with van der Waals surface area (Å²) in [7, 11) is 1.39. The number of rotatable bonds is 7. The number of carbonyl (C=O) groups is 4. The number of amides is 5. The fraction of sp³-hybridized carbons (Fsp3) is 0.0769. The average molecular weight is 654 g/mol. The molecule has 1 fully saturated rings. The van der Waals surface area contributed by atoms with Gasteiger partial charge in [-0.25, -0.2) is 9.69 Å². The van der Waals surface area contributed by atoms with Gasteiger partial charge in [-0.15, -0.1) is 0 Å². The van der Waals surface area contributed by atoms with Crippen molar-refractivity contribution < 1.29 is 28.7 Å². The molecule has 200 valence electrons. The van der Waals surface area contributed by atoms with Gasteiger partial charge in [0.05, 0.1) is 38.0 Å². The standard InChI is InChI=1S/C26H17BrCl3N3O6/c1-38-21-10-13(9-16(27)23(21)39-12-22(34)31-20-5-3-2-4-18(20)29)8-15-24(35)32-26(37)33(25(15)36)14-6-7-17(28)19(30)11-14/h2-11H,12H2,1H3,(H,31,34)(H,32,35,37)/b15-8-. The molecule has 3 aromatic carbocycles. The number of hydrogen-bond acceptors (Lipinski definition) is 6. The van der Waals surface area contributed by atoms with Crippen molar-refractivity contribution in [1.82, 2.24) is 5.32 Å². The van der Waals surface area contributed by atoms with Crippen LogP contribution in [0.1, 0.15) is 5.56 Å². The van der Waals surface area contributed by atoms with E-state index in [1.165, 1.54) is 37.5 Å². The predicted octanol–water partition coefficient (Wildman–Crippen LogP) is 6.10. The number of nitrogens with zero attached hydrogens (tertiary/aromatic N) is 1. The van der Waals surface area contributed by atoms with E-state index in [4.69, 9.17) is 44.3 Å². The fourth-order valence-corrected chi connectivity index (χ4v) is 4.58. The minimum Gasteiger partial charge on any atom is -0.493 e. The molecular formula is C26H17BrCl3N3O6. The topological polar surface area (TPSA) is 114 Å². The third-order valence-corrected chi connectivity index (χ3v) is 6.98. The first kappa shape index (κ1) is 28.4. The second-order valence-corrected chi connectivity index (χ2v) is 9.98. The number of anilines is 2. The number of urea groups is 1. The first-order valence-electron chi connectivity index (χ1n) is 11.0. The Kier molecular flexibility index (Phi) is 8.81. The zero-order valence-corrected chi connectivity index (χ0v) is 23.7. The maximum atomic E-state index is 13.2. The van der Waals surface area contributed by atoms with Crippen LogP contribution in [0.15, 0.2) is 64.6 Å². The van der Waals surface area contributed by atoms with E-state index in [0.29, 0.717) is 20.7 Å². The fourth-order valence-electron chi connectivity index (χ4n) is 3.53. The van der Waals surface area contributed by atoms with Crippen LogP contribution in [0.3, 0.4) is 0 Å². The lowest BCUT2D eigenvalue weighted by Crippen LogP contribution is -2.54. The van der Waals surface area contributed by atoms with Crippen LogP contribution in [0, 0.1) is 0 Å². The molecule has 0 spiro atoms. The number of barbiturate groups is 1. The van der Waals surface area contributed by atoms with E-state index >= 15 is 0 Å². The number of benzene rings is 3. The van der Waals surface area contributed by atoms with E-state index in [1.807, 2.05) is 0 Å². The van der Waals surface area contributed by atoms with Crippen LogP contribution >= 0.6 is 50.7 Å². The Morgan fingerprint density at radius 3 is 2.46 bits per heavy atom. The van der Waals surface area contributed by atoms with Gasteiger partial charge >= 0.3 is 6.03 Å². The molecule has 1 saturated heterocycles. The monoisotopic (exact) mass is 651 g/mol. The van der Waals surface area contributed by atoms with E-state index in [9.17, 15) is 19.2 Å². The molecule has 0 saturated carbocycles. The lowest BCUT2D eigenvalue weighted by molar-refractivity contribution is -0.122. The minimum atomic E-state index is -0.932. The third-order valence-electron chi connectivity index (χ3n) is 5.32. The lowest BCUT2D eigenvalue weighted by Gasteiger charge is -2.26. The smallest absolute Gasteiger partial charge is 0.335 e. The highest BCUT2D eigenvalue weighted by Gasteiger charge is 2.37. The highest BCUT2D eigenvalue weighted by molar-refractivity contribution is 9.10. The molecule has 9 nitrogen and oxygen atoms in total. The number of para-hydroxylation sites is 1. The van der Waals surface area contributed by atoms with E-state index in [0.717, 1.165) is 4.90 Å². The first-order valence-corrected chi connectivity index (χ1v) is 12.9. The first-order chi connectivity index (χ1) is 18.6. The van der Waals surface area contributed by atoms with Gasteiger partial charge in [0, 0.05) is 0 Å². The maximum absolute atomic E-state index is 13.2. The van der Waals surface area contributed by atoms with Gasteiger partial charge in [-0.1, -0.05) is 46.9 Å². The summed E-state index contributed by atoms with van der Waals surface area (Å²) in [6.07, 6.45) is 1.29. The van der Waals surface area contributed by atoms with Crippen molar-refractivity contribution in [2.45, 2.75) is 0 Å². The second-order valence-electron chi connectivity index (χ2n) is 7.91. The zero-order chi connectivity index (χ0) is 28.3. The summed E-state index contributed by atoms with van der Waals surface area (Å²) in [5, 5.41) is 5.52. The highest BCUT2D eigenvalue weighted by Crippen LogP contribution is 2.38. The van der Waals surface area contributed by atoms with Gasteiger partial charge in [-0.3, -0.25) is 19.7 Å². The van der Waals surface area contributed by atoms with E-state index < -0.39 is 23.8 Å². The molecule has 1 aliphatic rings. The van der Waals surface area contributed by atoms with Crippen molar-refractivity contribution in [1.29, 1.82) is 0 Å². The summed E-state index contributed by atoms with van der Waals surface area (Å²) in [6.45, 7) is -0.359. The quantitative estimate of drug-likeness (QED) is 0.235. The number of ether oxygens (including phenoxy) is 2. The van der Waals surface area contributed by atoms with Gasteiger partial charge in [0.2, 0.25) is 0 Å². The molecule has 4 rings (SSSR count). The van der Waals surface area contributed by atoms with Crippen LogP contribution < -0.4 is 25.0 Å². The number of halogens is 4. The number of imide groups is 2. The largest absolute Gasteiger partial charge is 0.493 e. The molecule has 0 atom stereocenters. The Balaban J connectivity index is 1.57. The van der Waals surface area contributed by atoms with Crippen molar-refractivity contribution >= 4 is 91.9 Å². The molecule has 39 heavy (non-hydrogen) atoms. The summed E-state index contributed by atoms with van der Waals surface area (Å²) < 4.78 is 11.4. The minimum absolute atomic E-state index is 0.127. The number of nitrogens with one attached hydrogen (secondary N) is 2. The molecule has 0 aromatic heterocycles. The van der Waals surface area contributed by atoms with Crippen molar-refractivity contribution in [2.24, 2.45) is 0 Å². The third kappa shape index (κ3) is 6.36. The number of hydrogen-bond donors (Lipinski definition) is 2. The summed E-state index contributed by atoms with van der Waals surface area (Å²) >= 11 is 21.4. The van der Waals surface area contributed by atoms with E-state index in [2.05, 4.69) is 26.6 Å². The van der Waals surface area contributed by atoms with Gasteiger partial charge in [0.25, 0.3) is 17.7 Å². The summed E-state index contributed by atoms with van der Waals surface area (Å²) in [5.41, 5.74) is 0.614. The molecule has 2 N–H and O–H groups in total. The van der Waals surface area contributed by atoms with Crippen molar-refractivity contribution in [3.8, 4) is 11.5 Å². The van der Waals surface area contributed by atoms with Crippen LogP contribution in [0.25, 0.3) is 6.08 Å². The molecule has 0 radical (unpaired) electrons. The molecular weight excluding hydrogens is 637 g/mol. The molecule has 1 aliphatic heterocycles. The summed E-state index contributed by atoms with van der Waals surface area (Å²) in [6, 6.07) is 13.1. The van der Waals surface area contributed by atoms with Crippen molar-refractivity contribution in [2.75, 3.05) is 23.9 Å². The SMILES string of the molecule is COc1cc(/C=C2/C(=O)NC(=O)N(c3ccc(Cl)c(Cl)c3)C2=O)cc(Br)c1OCC(=O)Nc1ccccc1Cl. The molecule has 1 heterocycles. The van der Waals surface area contributed by atoms with E-state index in [-0.39, 0.29) is 39.4 Å². The second kappa shape index (κ2) is 12.1. The number of methoxy groups -OCH3 is 1.